The molecule has 2 aliphatic rings. The van der Waals surface area contributed by atoms with E-state index >= 15 is 0 Å². The molecule has 4 N–H and O–H groups in total. The molecule has 2 aromatic carbocycles. The number of nitrogens with one attached hydrogen (secondary N) is 3. The van der Waals surface area contributed by atoms with Gasteiger partial charge in [0.25, 0.3) is 0 Å². The molecule has 1 aromatic heterocycles. The quantitative estimate of drug-likeness (QED) is 0.0721. The number of amides is 3. The number of benzene rings is 2. The number of aryl methyl sites for hydroxylation is 1. The van der Waals surface area contributed by atoms with Gasteiger partial charge in [0, 0.05) is 31.8 Å². The number of rotatable bonds is 18. The van der Waals surface area contributed by atoms with Crippen molar-refractivity contribution in [3.05, 3.63) is 65.3 Å². The van der Waals surface area contributed by atoms with E-state index in [0.717, 1.165) is 121 Å². The van der Waals surface area contributed by atoms with Crippen molar-refractivity contribution in [1.29, 1.82) is 0 Å². The lowest BCUT2D eigenvalue weighted by Gasteiger charge is -2.35. The normalized spacial score (nSPS) is 15.9. The van der Waals surface area contributed by atoms with E-state index in [0.29, 0.717) is 18.7 Å². The number of thiazole rings is 1. The van der Waals surface area contributed by atoms with Crippen molar-refractivity contribution in [2.45, 2.75) is 157 Å². The number of anilines is 1. The van der Waals surface area contributed by atoms with Gasteiger partial charge >= 0.3 is 12.4 Å². The monoisotopic (exact) mass is 963 g/mol. The Morgan fingerprint density at radius 2 is 1.54 bits per heavy atom. The molecule has 0 bridgehead atoms. The maximum absolute atomic E-state index is 12.9. The lowest BCUT2D eigenvalue weighted by molar-refractivity contribution is -0.274. The average Bonchev–Trinajstić information content (AvgIpc) is 3.97. The van der Waals surface area contributed by atoms with E-state index in [2.05, 4.69) is 96.4 Å². The number of halogens is 3. The van der Waals surface area contributed by atoms with Crippen molar-refractivity contribution in [1.82, 2.24) is 25.4 Å². The first-order chi connectivity index (χ1) is 31.9. The summed E-state index contributed by atoms with van der Waals surface area (Å²) in [6.07, 6.45) is 9.03. The van der Waals surface area contributed by atoms with Crippen molar-refractivity contribution in [3.63, 3.8) is 0 Å². The van der Waals surface area contributed by atoms with Gasteiger partial charge in [-0.25, -0.2) is 9.78 Å². The van der Waals surface area contributed by atoms with Gasteiger partial charge in [-0.3, -0.25) is 4.79 Å². The smallest absolute Gasteiger partial charge is 0.406 e. The minimum absolute atomic E-state index is 0.0584. The molecule has 2 aliphatic heterocycles. The predicted octanol–water partition coefficient (Wildman–Crippen LogP) is 10.9. The number of alkyl halides is 3. The highest BCUT2D eigenvalue weighted by Crippen LogP contribution is 2.29. The Bertz CT molecular complexity index is 1800. The highest BCUT2D eigenvalue weighted by Gasteiger charge is 2.38. The topological polar surface area (TPSA) is 153 Å². The molecule has 0 saturated carbocycles. The number of nitrogens with zero attached hydrogens (tertiary/aromatic N) is 3. The summed E-state index contributed by atoms with van der Waals surface area (Å²) in [6, 6.07) is 13.2. The minimum atomic E-state index is -4.72. The van der Waals surface area contributed by atoms with Crippen molar-refractivity contribution < 1.29 is 42.2 Å². The van der Waals surface area contributed by atoms with Crippen LogP contribution < -0.4 is 20.7 Å². The van der Waals surface area contributed by atoms with Gasteiger partial charge in [-0.2, -0.15) is 0 Å². The van der Waals surface area contributed by atoms with E-state index in [4.69, 9.17) is 5.11 Å². The number of piperidine rings is 1. The number of carbonyl (C=O) groups is 4. The van der Waals surface area contributed by atoms with Crippen LogP contribution >= 0.6 is 11.3 Å². The first kappa shape index (κ1) is 60.6. The molecule has 0 spiro atoms. The fourth-order valence-electron chi connectivity index (χ4n) is 7.43. The molecular formula is C51H81F3N6O6S. The average molecular weight is 963 g/mol. The third-order valence-corrected chi connectivity index (χ3v) is 12.3. The van der Waals surface area contributed by atoms with E-state index in [1.165, 1.54) is 41.0 Å². The number of aliphatic hydroxyl groups excluding tert-OH is 1. The predicted molar refractivity (Wildman–Crippen MR) is 267 cm³/mol. The Balaban J connectivity index is 0.000000489. The highest BCUT2D eigenvalue weighted by molar-refractivity contribution is 7.13. The van der Waals surface area contributed by atoms with Crippen LogP contribution in [-0.2, 0) is 20.8 Å². The molecule has 16 heteroatoms. The van der Waals surface area contributed by atoms with Crippen LogP contribution in [0.1, 0.15) is 130 Å². The Kier molecular flexibility index (Phi) is 30.0. The molecule has 3 amide bonds. The molecule has 3 atom stereocenters. The Morgan fingerprint density at radius 1 is 0.925 bits per heavy atom. The third kappa shape index (κ3) is 24.5. The summed E-state index contributed by atoms with van der Waals surface area (Å²) in [5.41, 5.74) is 5.99. The second-order valence-electron chi connectivity index (χ2n) is 17.8. The summed E-state index contributed by atoms with van der Waals surface area (Å²) in [6.45, 7) is 20.2. The summed E-state index contributed by atoms with van der Waals surface area (Å²) in [5.74, 6) is 0.503. The summed E-state index contributed by atoms with van der Waals surface area (Å²) in [5, 5.41) is 15.9. The number of aromatic nitrogens is 1. The summed E-state index contributed by atoms with van der Waals surface area (Å²) < 4.78 is 39.9. The number of unbranched alkanes of at least 4 members (excludes halogenated alkanes) is 5. The van der Waals surface area contributed by atoms with Gasteiger partial charge < -0.3 is 45.2 Å². The van der Waals surface area contributed by atoms with Crippen LogP contribution in [0.4, 0.5) is 23.7 Å². The number of hydrogen-bond donors (Lipinski definition) is 4. The zero-order valence-corrected chi connectivity index (χ0v) is 42.7. The molecule has 5 rings (SSSR count). The van der Waals surface area contributed by atoms with Gasteiger partial charge in [-0.05, 0) is 125 Å². The van der Waals surface area contributed by atoms with Crippen LogP contribution in [-0.4, -0.2) is 109 Å². The number of carbonyl (C=O) groups excluding carboxylic acids is 4. The van der Waals surface area contributed by atoms with E-state index in [1.54, 1.807) is 16.2 Å². The van der Waals surface area contributed by atoms with E-state index in [1.807, 2.05) is 26.4 Å². The molecular weight excluding hydrogens is 882 g/mol. The molecule has 0 radical (unpaired) electrons. The molecule has 2 fully saturated rings. The van der Waals surface area contributed by atoms with Crippen molar-refractivity contribution in [3.8, 4) is 16.2 Å². The first-order valence-corrected chi connectivity index (χ1v) is 24.8. The molecule has 3 unspecified atom stereocenters. The van der Waals surface area contributed by atoms with Crippen LogP contribution in [0.2, 0.25) is 0 Å². The van der Waals surface area contributed by atoms with Gasteiger partial charge in [0.15, 0.2) is 0 Å². The zero-order valence-electron chi connectivity index (χ0n) is 41.8. The molecule has 67 heavy (non-hydrogen) atoms. The molecule has 378 valence electrons. The van der Waals surface area contributed by atoms with Crippen LogP contribution in [0.5, 0.6) is 5.75 Å². The van der Waals surface area contributed by atoms with Crippen LogP contribution in [0.3, 0.4) is 0 Å². The van der Waals surface area contributed by atoms with Crippen molar-refractivity contribution in [2.75, 3.05) is 45.7 Å². The van der Waals surface area contributed by atoms with Crippen LogP contribution in [0.25, 0.3) is 10.4 Å². The van der Waals surface area contributed by atoms with E-state index < -0.39 is 6.36 Å². The van der Waals surface area contributed by atoms with Crippen LogP contribution in [0, 0.1) is 18.3 Å². The van der Waals surface area contributed by atoms with Gasteiger partial charge in [0.1, 0.15) is 18.3 Å². The number of urea groups is 1. The number of ether oxygens (including phenoxy) is 1. The lowest BCUT2D eigenvalue weighted by atomic mass is 9.85. The van der Waals surface area contributed by atoms with Crippen molar-refractivity contribution >= 4 is 41.5 Å². The Morgan fingerprint density at radius 3 is 2.07 bits per heavy atom. The summed E-state index contributed by atoms with van der Waals surface area (Å²) in [4.78, 5) is 55.6. The second kappa shape index (κ2) is 33.2. The van der Waals surface area contributed by atoms with Gasteiger partial charge in [0.2, 0.25) is 5.91 Å². The summed E-state index contributed by atoms with van der Waals surface area (Å²) >= 11 is 1.72. The Hall–Kier alpha value is -4.38. The van der Waals surface area contributed by atoms with E-state index in [9.17, 15) is 32.3 Å². The molecule has 3 aromatic rings. The third-order valence-electron chi connectivity index (χ3n) is 11.3. The number of aldehydes is 2. The van der Waals surface area contributed by atoms with Crippen LogP contribution in [0.15, 0.2) is 54.0 Å². The maximum atomic E-state index is 12.9. The standard InChI is InChI=1S/C19H34N2O3.C15H19NS.C14H18F3N3O2.C2H6.CH4O/c1-19(2,3)17(18(24)21-13-10-11-16(21)15-23)20-12-8-6-4-5-7-9-14-22;1-4-11(2)9-13-5-7-14(8-6-13)15-12(3)16-10-17-15;1-20-8-6-11(7-9-20)19-13(21)18-10-2-4-12(5-3-10)22-14(15,16)17;2*1-2/h14-17,20H,4-13H2,1-3H3;5-8,10-11H,4,9H2,1-3H3;2-5,11H,6-9H2,1H3,(H2,18,19,21);1-2H3;2H,1H3. The molecule has 3 heterocycles. The van der Waals surface area contributed by atoms with Crippen molar-refractivity contribution in [2.24, 2.45) is 11.3 Å². The van der Waals surface area contributed by atoms with E-state index in [-0.39, 0.29) is 41.2 Å². The summed E-state index contributed by atoms with van der Waals surface area (Å²) in [7, 11) is 3.03. The highest BCUT2D eigenvalue weighted by atomic mass is 32.1. The maximum Gasteiger partial charge on any atom is 0.573 e. The first-order valence-electron chi connectivity index (χ1n) is 23.9. The second-order valence-corrected chi connectivity index (χ2v) is 18.6. The molecule has 12 nitrogen and oxygen atoms in total. The fraction of sp³-hybridized carbons (Fsp3) is 0.627. The fourth-order valence-corrected chi connectivity index (χ4v) is 8.24. The lowest BCUT2D eigenvalue weighted by Crippen LogP contribution is -2.54. The Labute approximate surface area is 403 Å². The number of hydrogen-bond acceptors (Lipinski definition) is 10. The SMILES string of the molecule is CC.CC(C)(C)C(NCCCCCCCC=O)C(=O)N1CCCC1C=O.CCC(C)Cc1ccc(-c2scnc2C)cc1.CN1CCC(NC(=O)Nc2ccc(OC(F)(F)F)cc2)CC1.CO. The number of aliphatic hydroxyl groups is 1. The van der Waals surface area contributed by atoms with Gasteiger partial charge in [-0.1, -0.05) is 98.4 Å². The van der Waals surface area contributed by atoms with Gasteiger partial charge in [0.05, 0.1) is 28.2 Å². The number of likely N-dealkylation sites (tertiary alicyclic amines) is 2. The molecule has 0 aliphatic carbocycles. The largest absolute Gasteiger partial charge is 0.573 e. The minimum Gasteiger partial charge on any atom is -0.406 e. The van der Waals surface area contributed by atoms with Gasteiger partial charge in [-0.15, -0.1) is 24.5 Å². The molecule has 2 saturated heterocycles. The zero-order chi connectivity index (χ0) is 50.4.